The Bertz CT molecular complexity index is 428. The van der Waals surface area contributed by atoms with E-state index in [1.807, 2.05) is 0 Å². The van der Waals surface area contributed by atoms with Gasteiger partial charge < -0.3 is 10.8 Å². The predicted octanol–water partition coefficient (Wildman–Crippen LogP) is 2.28. The van der Waals surface area contributed by atoms with E-state index in [1.54, 1.807) is 0 Å². The van der Waals surface area contributed by atoms with Crippen molar-refractivity contribution < 1.29 is 17.9 Å². The lowest BCUT2D eigenvalue weighted by atomic mass is 9.84. The number of aliphatic hydroxyl groups excluding tert-OH is 1. The Hall–Kier alpha value is -0.460. The first-order valence-corrected chi connectivity index (χ1v) is 8.89. The highest BCUT2D eigenvalue weighted by atomic mass is 32.2. The van der Waals surface area contributed by atoms with Crippen LogP contribution in [0.4, 0.5) is 4.39 Å². The van der Waals surface area contributed by atoms with E-state index < -0.39 is 33.1 Å². The van der Waals surface area contributed by atoms with E-state index in [9.17, 15) is 17.9 Å². The molecule has 1 fully saturated rings. The zero-order chi connectivity index (χ0) is 15.3. The molecule has 4 nitrogen and oxygen atoms in total. The highest BCUT2D eigenvalue weighted by Gasteiger charge is 2.26. The molecule has 0 heterocycles. The molecular weight excluding hydrogens is 281 g/mol. The molecule has 20 heavy (non-hydrogen) atoms. The second-order valence-corrected chi connectivity index (χ2v) is 8.35. The third-order valence-electron chi connectivity index (χ3n) is 3.95. The van der Waals surface area contributed by atoms with Crippen LogP contribution in [0.5, 0.6) is 0 Å². The molecule has 0 spiro atoms. The van der Waals surface area contributed by atoms with E-state index in [1.165, 1.54) is 20.3 Å². The number of hydrogen-bond donors (Lipinski definition) is 2. The summed E-state index contributed by atoms with van der Waals surface area (Å²) in [6.07, 6.45) is 4.61. The Morgan fingerprint density at radius 2 is 1.90 bits per heavy atom. The van der Waals surface area contributed by atoms with Gasteiger partial charge in [0.1, 0.15) is 11.9 Å². The third-order valence-corrected chi connectivity index (χ3v) is 5.82. The maximum absolute atomic E-state index is 13.8. The van der Waals surface area contributed by atoms with Crippen molar-refractivity contribution in [1.29, 1.82) is 0 Å². The fourth-order valence-electron chi connectivity index (χ4n) is 2.50. The normalized spacial score (nSPS) is 22.0. The summed E-state index contributed by atoms with van der Waals surface area (Å²) in [4.78, 5) is 0. The first-order valence-electron chi connectivity index (χ1n) is 7.28. The van der Waals surface area contributed by atoms with Crippen LogP contribution in [-0.4, -0.2) is 30.9 Å². The van der Waals surface area contributed by atoms with Gasteiger partial charge >= 0.3 is 0 Å². The predicted molar refractivity (Wildman–Crippen MR) is 78.4 cm³/mol. The maximum Gasteiger partial charge on any atom is 0.176 e. The molecule has 0 aromatic carbocycles. The van der Waals surface area contributed by atoms with Crippen molar-refractivity contribution >= 4 is 9.84 Å². The van der Waals surface area contributed by atoms with Gasteiger partial charge in [0.15, 0.2) is 9.84 Å². The molecule has 0 radical (unpaired) electrons. The lowest BCUT2D eigenvalue weighted by molar-refractivity contribution is 0.136. The van der Waals surface area contributed by atoms with Gasteiger partial charge in [-0.2, -0.15) is 0 Å². The molecule has 1 rings (SSSR count). The summed E-state index contributed by atoms with van der Waals surface area (Å²) in [7, 11) is -3.66. The molecule has 0 aromatic heterocycles. The van der Waals surface area contributed by atoms with Crippen LogP contribution in [0, 0.1) is 5.92 Å². The van der Waals surface area contributed by atoms with Crippen molar-refractivity contribution in [2.45, 2.75) is 69.8 Å². The number of rotatable bonds is 6. The second-order valence-electron chi connectivity index (χ2n) is 5.99. The molecule has 0 bridgehead atoms. The van der Waals surface area contributed by atoms with Gasteiger partial charge in [0.2, 0.25) is 0 Å². The van der Waals surface area contributed by atoms with Gasteiger partial charge in [0.25, 0.3) is 0 Å². The van der Waals surface area contributed by atoms with E-state index in [-0.39, 0.29) is 0 Å². The van der Waals surface area contributed by atoms with Crippen LogP contribution in [0.25, 0.3) is 0 Å². The minimum absolute atomic E-state index is 0.405. The van der Waals surface area contributed by atoms with Crippen molar-refractivity contribution in [2.75, 3.05) is 0 Å². The average Bonchev–Trinajstić information content (AvgIpc) is 2.38. The van der Waals surface area contributed by atoms with Gasteiger partial charge in [-0.15, -0.1) is 0 Å². The summed E-state index contributed by atoms with van der Waals surface area (Å²) in [5.41, 5.74) is 5.82. The number of hydrogen-bond acceptors (Lipinski definition) is 4. The van der Waals surface area contributed by atoms with Crippen molar-refractivity contribution in [3.8, 4) is 0 Å². The Balaban J connectivity index is 2.63. The molecule has 0 aromatic rings. The summed E-state index contributed by atoms with van der Waals surface area (Å²) in [5.74, 6) is -0.648. The Labute approximate surface area is 121 Å². The standard InChI is InChI=1S/C14H26FNO3S/c1-10(2)20(18,19)9-12(15)14(17)13(16)8-11-6-4-3-5-7-11/h9-11,13-14,17H,3-8,16H2,1-2H3/b12-9+/t13-,14-/m0/s1. The Morgan fingerprint density at radius 3 is 2.40 bits per heavy atom. The van der Waals surface area contributed by atoms with Crippen molar-refractivity contribution in [3.05, 3.63) is 11.2 Å². The number of aliphatic hydroxyl groups is 1. The van der Waals surface area contributed by atoms with E-state index in [0.29, 0.717) is 17.7 Å². The lowest BCUT2D eigenvalue weighted by Crippen LogP contribution is -2.37. The van der Waals surface area contributed by atoms with Crippen LogP contribution in [0.3, 0.4) is 0 Å². The Kier molecular flexibility index (Phi) is 6.61. The molecule has 118 valence electrons. The summed E-state index contributed by atoms with van der Waals surface area (Å²) >= 11 is 0. The molecular formula is C14H26FNO3S. The molecule has 0 aliphatic heterocycles. The molecule has 6 heteroatoms. The maximum atomic E-state index is 13.8. The van der Waals surface area contributed by atoms with Gasteiger partial charge in [-0.05, 0) is 26.2 Å². The highest BCUT2D eigenvalue weighted by Crippen LogP contribution is 2.28. The van der Waals surface area contributed by atoms with E-state index >= 15 is 0 Å². The summed E-state index contributed by atoms with van der Waals surface area (Å²) in [5, 5.41) is 9.63. The van der Waals surface area contributed by atoms with Gasteiger partial charge in [-0.3, -0.25) is 0 Å². The van der Waals surface area contributed by atoms with Gasteiger partial charge in [-0.1, -0.05) is 32.1 Å². The third kappa shape index (κ3) is 5.14. The second kappa shape index (κ2) is 7.52. The fraction of sp³-hybridized carbons (Fsp3) is 0.857. The van der Waals surface area contributed by atoms with Crippen molar-refractivity contribution in [1.82, 2.24) is 0 Å². The average molecular weight is 307 g/mol. The SMILES string of the molecule is CC(C)S(=O)(=O)/C=C(/F)[C@H](O)[C@@H](N)CC1CCCCC1. The van der Waals surface area contributed by atoms with Crippen LogP contribution in [-0.2, 0) is 9.84 Å². The minimum Gasteiger partial charge on any atom is -0.384 e. The molecule has 1 aliphatic rings. The lowest BCUT2D eigenvalue weighted by Gasteiger charge is -2.26. The molecule has 0 saturated heterocycles. The van der Waals surface area contributed by atoms with Crippen LogP contribution < -0.4 is 5.73 Å². The van der Waals surface area contributed by atoms with E-state index in [4.69, 9.17) is 5.73 Å². The molecule has 0 amide bonds. The van der Waals surface area contributed by atoms with E-state index in [0.717, 1.165) is 25.7 Å². The largest absolute Gasteiger partial charge is 0.384 e. The monoisotopic (exact) mass is 307 g/mol. The van der Waals surface area contributed by atoms with Crippen LogP contribution in [0.15, 0.2) is 11.2 Å². The first kappa shape index (κ1) is 17.6. The van der Waals surface area contributed by atoms with Gasteiger partial charge in [-0.25, -0.2) is 12.8 Å². The summed E-state index contributed by atoms with van der Waals surface area (Å²) in [6, 6.07) is -0.753. The van der Waals surface area contributed by atoms with Gasteiger partial charge in [0, 0.05) is 6.04 Å². The molecule has 1 aliphatic carbocycles. The van der Waals surface area contributed by atoms with Crippen LogP contribution >= 0.6 is 0 Å². The quantitative estimate of drug-likeness (QED) is 0.789. The highest BCUT2D eigenvalue weighted by molar-refractivity contribution is 7.94. The first-order chi connectivity index (χ1) is 9.24. The zero-order valence-electron chi connectivity index (χ0n) is 12.3. The summed E-state index contributed by atoms with van der Waals surface area (Å²) < 4.78 is 37.0. The van der Waals surface area contributed by atoms with Crippen LogP contribution in [0.1, 0.15) is 52.4 Å². The van der Waals surface area contributed by atoms with Gasteiger partial charge in [0.05, 0.1) is 10.7 Å². The molecule has 3 N–H and O–H groups in total. The number of halogens is 1. The number of sulfone groups is 1. The van der Waals surface area contributed by atoms with Crippen LogP contribution in [0.2, 0.25) is 0 Å². The fourth-order valence-corrected chi connectivity index (χ4v) is 3.23. The zero-order valence-corrected chi connectivity index (χ0v) is 13.1. The Morgan fingerprint density at radius 1 is 1.35 bits per heavy atom. The minimum atomic E-state index is -3.66. The van der Waals surface area contributed by atoms with Crippen molar-refractivity contribution in [3.63, 3.8) is 0 Å². The molecule has 0 unspecified atom stereocenters. The topological polar surface area (TPSA) is 80.4 Å². The summed E-state index contributed by atoms with van der Waals surface area (Å²) in [6.45, 7) is 2.93. The number of nitrogens with two attached hydrogens (primary N) is 1. The van der Waals surface area contributed by atoms with Crippen molar-refractivity contribution in [2.24, 2.45) is 11.7 Å². The molecule has 1 saturated carbocycles. The molecule has 2 atom stereocenters. The van der Waals surface area contributed by atoms with E-state index in [2.05, 4.69) is 0 Å². The smallest absolute Gasteiger partial charge is 0.176 e.